The Balaban J connectivity index is 2.08. The minimum absolute atomic E-state index is 0.130. The van der Waals surface area contributed by atoms with Crippen LogP contribution in [-0.4, -0.2) is 17.7 Å². The number of aromatic nitrogens is 1. The third-order valence-corrected chi connectivity index (χ3v) is 3.49. The second-order valence-electron chi connectivity index (χ2n) is 4.45. The SMILES string of the molecule is COC1(CC(N)c2ccncc2F)CCC1. The summed E-state index contributed by atoms with van der Waals surface area (Å²) in [5.74, 6) is -0.333. The molecule has 1 fully saturated rings. The van der Waals surface area contributed by atoms with Gasteiger partial charge in [-0.1, -0.05) is 0 Å². The van der Waals surface area contributed by atoms with Crippen molar-refractivity contribution in [2.75, 3.05) is 7.11 Å². The topological polar surface area (TPSA) is 48.1 Å². The van der Waals surface area contributed by atoms with Crippen molar-refractivity contribution in [3.05, 3.63) is 29.8 Å². The predicted octanol–water partition coefficient (Wildman–Crippen LogP) is 2.18. The number of nitrogens with two attached hydrogens (primary N) is 1. The maximum absolute atomic E-state index is 13.5. The molecule has 1 saturated carbocycles. The van der Waals surface area contributed by atoms with Gasteiger partial charge in [0.25, 0.3) is 0 Å². The van der Waals surface area contributed by atoms with Crippen LogP contribution in [0.3, 0.4) is 0 Å². The minimum Gasteiger partial charge on any atom is -0.378 e. The molecule has 1 atom stereocenters. The van der Waals surface area contributed by atoms with Crippen LogP contribution in [0, 0.1) is 5.82 Å². The first-order valence-electron chi connectivity index (χ1n) is 5.57. The molecule has 0 aliphatic heterocycles. The summed E-state index contributed by atoms with van der Waals surface area (Å²) >= 11 is 0. The fraction of sp³-hybridized carbons (Fsp3) is 0.583. The lowest BCUT2D eigenvalue weighted by Gasteiger charge is -2.42. The van der Waals surface area contributed by atoms with Gasteiger partial charge in [-0.15, -0.1) is 0 Å². The van der Waals surface area contributed by atoms with E-state index in [4.69, 9.17) is 10.5 Å². The highest BCUT2D eigenvalue weighted by molar-refractivity contribution is 5.18. The molecule has 1 aromatic heterocycles. The Bertz CT molecular complexity index is 360. The standard InChI is InChI=1S/C12H17FN2O/c1-16-12(4-2-5-12)7-11(14)9-3-6-15-8-10(9)13/h3,6,8,11H,2,4-5,7,14H2,1H3. The van der Waals surface area contributed by atoms with Gasteiger partial charge in [-0.25, -0.2) is 4.39 Å². The Hall–Kier alpha value is -1.00. The largest absolute Gasteiger partial charge is 0.378 e. The molecule has 0 amide bonds. The first-order valence-corrected chi connectivity index (χ1v) is 5.57. The Labute approximate surface area is 94.8 Å². The Morgan fingerprint density at radius 3 is 2.88 bits per heavy atom. The van der Waals surface area contributed by atoms with Crippen LogP contribution in [0.5, 0.6) is 0 Å². The Kier molecular flexibility index (Phi) is 3.21. The predicted molar refractivity (Wildman–Crippen MR) is 59.3 cm³/mol. The van der Waals surface area contributed by atoms with Crippen molar-refractivity contribution in [1.82, 2.24) is 4.98 Å². The molecule has 1 unspecified atom stereocenters. The van der Waals surface area contributed by atoms with Gasteiger partial charge in [0.15, 0.2) is 0 Å². The van der Waals surface area contributed by atoms with E-state index < -0.39 is 0 Å². The van der Waals surface area contributed by atoms with Crippen molar-refractivity contribution < 1.29 is 9.13 Å². The molecule has 0 saturated heterocycles. The van der Waals surface area contributed by atoms with Crippen LogP contribution >= 0.6 is 0 Å². The van der Waals surface area contributed by atoms with E-state index >= 15 is 0 Å². The van der Waals surface area contributed by atoms with Crippen LogP contribution in [-0.2, 0) is 4.74 Å². The zero-order valence-corrected chi connectivity index (χ0v) is 9.45. The molecule has 88 valence electrons. The van der Waals surface area contributed by atoms with Gasteiger partial charge in [0.2, 0.25) is 0 Å². The van der Waals surface area contributed by atoms with Gasteiger partial charge in [0.05, 0.1) is 11.8 Å². The molecule has 1 heterocycles. The highest BCUT2D eigenvalue weighted by atomic mass is 19.1. The van der Waals surface area contributed by atoms with Crippen LogP contribution in [0.1, 0.15) is 37.3 Å². The molecule has 0 radical (unpaired) electrons. The van der Waals surface area contributed by atoms with E-state index in [2.05, 4.69) is 4.98 Å². The number of methoxy groups -OCH3 is 1. The molecule has 2 rings (SSSR count). The van der Waals surface area contributed by atoms with E-state index in [-0.39, 0.29) is 17.5 Å². The van der Waals surface area contributed by atoms with Crippen molar-refractivity contribution in [3.63, 3.8) is 0 Å². The summed E-state index contributed by atoms with van der Waals surface area (Å²) in [6.07, 6.45) is 6.64. The number of rotatable bonds is 4. The summed E-state index contributed by atoms with van der Waals surface area (Å²) in [4.78, 5) is 3.72. The summed E-state index contributed by atoms with van der Waals surface area (Å²) in [7, 11) is 1.70. The van der Waals surface area contributed by atoms with Gasteiger partial charge in [0, 0.05) is 24.9 Å². The summed E-state index contributed by atoms with van der Waals surface area (Å²) in [6.45, 7) is 0. The highest BCUT2D eigenvalue weighted by Gasteiger charge is 2.38. The van der Waals surface area contributed by atoms with Crippen molar-refractivity contribution in [2.24, 2.45) is 5.73 Å². The molecule has 16 heavy (non-hydrogen) atoms. The summed E-state index contributed by atoms with van der Waals surface area (Å²) in [5.41, 5.74) is 6.42. The maximum atomic E-state index is 13.5. The lowest BCUT2D eigenvalue weighted by molar-refractivity contribution is -0.0818. The van der Waals surface area contributed by atoms with Crippen LogP contribution in [0.15, 0.2) is 18.5 Å². The number of pyridine rings is 1. The van der Waals surface area contributed by atoms with Crippen LogP contribution < -0.4 is 5.73 Å². The highest BCUT2D eigenvalue weighted by Crippen LogP contribution is 2.41. The smallest absolute Gasteiger partial charge is 0.146 e. The van der Waals surface area contributed by atoms with Gasteiger partial charge in [-0.2, -0.15) is 0 Å². The van der Waals surface area contributed by atoms with Crippen LogP contribution in [0.2, 0.25) is 0 Å². The van der Waals surface area contributed by atoms with E-state index in [1.165, 1.54) is 12.6 Å². The Morgan fingerprint density at radius 1 is 1.62 bits per heavy atom. The molecular formula is C12H17FN2O. The number of ether oxygens (including phenoxy) is 1. The summed E-state index contributed by atoms with van der Waals surface area (Å²) < 4.78 is 18.9. The van der Waals surface area contributed by atoms with Gasteiger partial charge in [0.1, 0.15) is 5.82 Å². The zero-order chi connectivity index (χ0) is 11.6. The van der Waals surface area contributed by atoms with E-state index in [0.29, 0.717) is 12.0 Å². The van der Waals surface area contributed by atoms with Gasteiger partial charge >= 0.3 is 0 Å². The first-order chi connectivity index (χ1) is 7.67. The number of halogens is 1. The summed E-state index contributed by atoms with van der Waals surface area (Å²) in [5, 5.41) is 0. The third-order valence-electron chi connectivity index (χ3n) is 3.49. The van der Waals surface area contributed by atoms with Gasteiger partial charge in [-0.3, -0.25) is 4.98 Å². The summed E-state index contributed by atoms with van der Waals surface area (Å²) in [6, 6.07) is 1.32. The molecule has 1 aliphatic rings. The van der Waals surface area contributed by atoms with E-state index in [1.54, 1.807) is 19.4 Å². The zero-order valence-electron chi connectivity index (χ0n) is 9.45. The van der Waals surface area contributed by atoms with E-state index in [9.17, 15) is 4.39 Å². The average molecular weight is 224 g/mol. The fourth-order valence-electron chi connectivity index (χ4n) is 2.26. The lowest BCUT2D eigenvalue weighted by Crippen LogP contribution is -2.42. The quantitative estimate of drug-likeness (QED) is 0.852. The van der Waals surface area contributed by atoms with Crippen LogP contribution in [0.25, 0.3) is 0 Å². The normalized spacial score (nSPS) is 20.2. The second-order valence-corrected chi connectivity index (χ2v) is 4.45. The molecule has 0 spiro atoms. The number of nitrogens with zero attached hydrogens (tertiary/aromatic N) is 1. The molecule has 1 aliphatic carbocycles. The molecular weight excluding hydrogens is 207 g/mol. The average Bonchev–Trinajstić information content (AvgIpc) is 2.24. The molecule has 0 bridgehead atoms. The lowest BCUT2D eigenvalue weighted by atomic mass is 9.75. The van der Waals surface area contributed by atoms with Crippen molar-refractivity contribution in [3.8, 4) is 0 Å². The molecule has 2 N–H and O–H groups in total. The first kappa shape index (κ1) is 11.5. The Morgan fingerprint density at radius 2 is 2.38 bits per heavy atom. The molecule has 1 aromatic rings. The maximum Gasteiger partial charge on any atom is 0.146 e. The third kappa shape index (κ3) is 2.08. The van der Waals surface area contributed by atoms with Crippen LogP contribution in [0.4, 0.5) is 4.39 Å². The fourth-order valence-corrected chi connectivity index (χ4v) is 2.26. The number of hydrogen-bond donors (Lipinski definition) is 1. The molecule has 0 aromatic carbocycles. The van der Waals surface area contributed by atoms with Crippen molar-refractivity contribution in [1.29, 1.82) is 0 Å². The molecule has 3 nitrogen and oxygen atoms in total. The van der Waals surface area contributed by atoms with Crippen molar-refractivity contribution >= 4 is 0 Å². The minimum atomic E-state index is -0.333. The van der Waals surface area contributed by atoms with E-state index in [0.717, 1.165) is 12.8 Å². The van der Waals surface area contributed by atoms with Gasteiger partial charge in [-0.05, 0) is 31.7 Å². The number of hydrogen-bond acceptors (Lipinski definition) is 3. The van der Waals surface area contributed by atoms with E-state index in [1.807, 2.05) is 0 Å². The van der Waals surface area contributed by atoms with Gasteiger partial charge < -0.3 is 10.5 Å². The van der Waals surface area contributed by atoms with Crippen molar-refractivity contribution in [2.45, 2.75) is 37.3 Å². The monoisotopic (exact) mass is 224 g/mol. The second kappa shape index (κ2) is 4.47. The molecule has 4 heteroatoms.